The molecule has 0 heterocycles. The first-order chi connectivity index (χ1) is 17.7. The number of carbonyl (C=O) groups excluding carboxylic acids is 4. The number of phenolic OH excluding ortho intramolecular Hbond substituents is 1. The first kappa shape index (κ1) is 31.3. The fourth-order valence-electron chi connectivity index (χ4n) is 3.12. The van der Waals surface area contributed by atoms with Crippen molar-refractivity contribution < 1.29 is 54.0 Å². The van der Waals surface area contributed by atoms with Crippen molar-refractivity contribution in [2.24, 2.45) is 11.5 Å². The number of aromatic hydroxyl groups is 1. The van der Waals surface area contributed by atoms with Crippen LogP contribution in [0.25, 0.3) is 0 Å². The standard InChI is InChI=1S/C22H29N5O11/c23-12(7-10-1-3-11(28)4-2-10)19(34)26-14(8-16(24)29)21(36)25-13(5-6-17(30)31)20(35)27-15(22(37)38)9-18(32)33/h1-4,12-15,28H,5-9,23H2,(H2,24,29)(H,25,36)(H,26,34)(H,27,35)(H,30,31)(H,32,33)(H,37,38). The van der Waals surface area contributed by atoms with E-state index in [1.165, 1.54) is 24.3 Å². The van der Waals surface area contributed by atoms with Crippen LogP contribution in [-0.4, -0.2) is 86.1 Å². The number of carboxylic acid groups (broad SMARTS) is 3. The molecule has 4 unspecified atom stereocenters. The number of hydrogen-bond acceptors (Lipinski definition) is 9. The van der Waals surface area contributed by atoms with Crippen molar-refractivity contribution in [3.8, 4) is 5.75 Å². The van der Waals surface area contributed by atoms with Gasteiger partial charge in [-0.1, -0.05) is 12.1 Å². The van der Waals surface area contributed by atoms with Gasteiger partial charge in [0.15, 0.2) is 0 Å². The number of phenols is 1. The van der Waals surface area contributed by atoms with Crippen molar-refractivity contribution in [3.05, 3.63) is 29.8 Å². The molecule has 0 aliphatic carbocycles. The van der Waals surface area contributed by atoms with Crippen molar-refractivity contribution >= 4 is 41.5 Å². The molecule has 0 aliphatic heterocycles. The molecule has 38 heavy (non-hydrogen) atoms. The van der Waals surface area contributed by atoms with Crippen LogP contribution in [0.4, 0.5) is 0 Å². The maximum absolute atomic E-state index is 12.8. The van der Waals surface area contributed by atoms with E-state index in [9.17, 15) is 38.7 Å². The maximum atomic E-state index is 12.8. The fraction of sp³-hybridized carbons (Fsp3) is 0.409. The van der Waals surface area contributed by atoms with Crippen molar-refractivity contribution in [3.63, 3.8) is 0 Å². The van der Waals surface area contributed by atoms with Crippen LogP contribution in [0.1, 0.15) is 31.2 Å². The summed E-state index contributed by atoms with van der Waals surface area (Å²) in [5, 5.41) is 42.5. The number of benzene rings is 1. The smallest absolute Gasteiger partial charge is 0.326 e. The zero-order chi connectivity index (χ0) is 29.0. The van der Waals surface area contributed by atoms with Crippen LogP contribution >= 0.6 is 0 Å². The quantitative estimate of drug-likeness (QED) is 0.102. The molecule has 11 N–H and O–H groups in total. The highest BCUT2D eigenvalue weighted by atomic mass is 16.4. The van der Waals surface area contributed by atoms with Crippen molar-refractivity contribution in [2.45, 2.75) is 56.3 Å². The number of primary amides is 1. The fourth-order valence-corrected chi connectivity index (χ4v) is 3.12. The highest BCUT2D eigenvalue weighted by molar-refractivity contribution is 5.96. The van der Waals surface area contributed by atoms with E-state index in [1.54, 1.807) is 0 Å². The minimum atomic E-state index is -1.89. The molecule has 16 nitrogen and oxygen atoms in total. The Kier molecular flexibility index (Phi) is 12.1. The van der Waals surface area contributed by atoms with E-state index in [1.807, 2.05) is 5.32 Å². The second-order valence-electron chi connectivity index (χ2n) is 8.20. The largest absolute Gasteiger partial charge is 0.508 e. The van der Waals surface area contributed by atoms with Gasteiger partial charge in [-0.3, -0.25) is 28.8 Å². The van der Waals surface area contributed by atoms with Crippen molar-refractivity contribution in [1.82, 2.24) is 16.0 Å². The average molecular weight is 539 g/mol. The van der Waals surface area contributed by atoms with Crippen LogP contribution in [0.3, 0.4) is 0 Å². The first-order valence-corrected chi connectivity index (χ1v) is 11.1. The summed E-state index contributed by atoms with van der Waals surface area (Å²) in [4.78, 5) is 82.7. The van der Waals surface area contributed by atoms with Gasteiger partial charge in [-0.15, -0.1) is 0 Å². The van der Waals surface area contributed by atoms with E-state index >= 15 is 0 Å². The summed E-state index contributed by atoms with van der Waals surface area (Å²) in [7, 11) is 0. The molecule has 208 valence electrons. The first-order valence-electron chi connectivity index (χ1n) is 11.1. The molecule has 0 fully saturated rings. The Morgan fingerprint density at radius 3 is 1.76 bits per heavy atom. The van der Waals surface area contributed by atoms with Crippen LogP contribution < -0.4 is 27.4 Å². The highest BCUT2D eigenvalue weighted by Crippen LogP contribution is 2.11. The molecule has 1 aromatic carbocycles. The van der Waals surface area contributed by atoms with Gasteiger partial charge >= 0.3 is 17.9 Å². The summed E-state index contributed by atoms with van der Waals surface area (Å²) in [5.41, 5.74) is 11.6. The summed E-state index contributed by atoms with van der Waals surface area (Å²) in [6.45, 7) is 0. The molecule has 0 saturated carbocycles. The van der Waals surface area contributed by atoms with Gasteiger partial charge in [-0.05, 0) is 30.5 Å². The van der Waals surface area contributed by atoms with Gasteiger partial charge in [0.1, 0.15) is 23.9 Å². The molecular weight excluding hydrogens is 510 g/mol. The lowest BCUT2D eigenvalue weighted by Gasteiger charge is -2.24. The number of nitrogens with one attached hydrogen (secondary N) is 3. The second kappa shape index (κ2) is 14.7. The molecular formula is C22H29N5O11. The van der Waals surface area contributed by atoms with Gasteiger partial charge < -0.3 is 47.8 Å². The third-order valence-corrected chi connectivity index (χ3v) is 5.04. The lowest BCUT2D eigenvalue weighted by atomic mass is 10.0. The lowest BCUT2D eigenvalue weighted by Crippen LogP contribution is -2.58. The van der Waals surface area contributed by atoms with Crippen LogP contribution in [0.5, 0.6) is 5.75 Å². The molecule has 4 atom stereocenters. The van der Waals surface area contributed by atoms with Crippen LogP contribution in [0.15, 0.2) is 24.3 Å². The summed E-state index contributed by atoms with van der Waals surface area (Å²) in [5.74, 6) is -8.84. The third-order valence-electron chi connectivity index (χ3n) is 5.04. The monoisotopic (exact) mass is 539 g/mol. The van der Waals surface area contributed by atoms with E-state index in [0.717, 1.165) is 0 Å². The number of carboxylic acids is 3. The Balaban J connectivity index is 3.02. The van der Waals surface area contributed by atoms with E-state index < -0.39 is 91.4 Å². The predicted octanol–water partition coefficient (Wildman–Crippen LogP) is -2.98. The number of nitrogens with two attached hydrogens (primary N) is 2. The van der Waals surface area contributed by atoms with Crippen LogP contribution in [0, 0.1) is 0 Å². The maximum Gasteiger partial charge on any atom is 0.326 e. The van der Waals surface area contributed by atoms with Gasteiger partial charge in [0.25, 0.3) is 0 Å². The van der Waals surface area contributed by atoms with Gasteiger partial charge in [0, 0.05) is 6.42 Å². The Labute approximate surface area is 215 Å². The Morgan fingerprint density at radius 2 is 1.26 bits per heavy atom. The Hall–Kier alpha value is -4.73. The molecule has 0 aliphatic rings. The molecule has 16 heteroatoms. The number of rotatable bonds is 16. The topological polar surface area (TPSA) is 289 Å². The summed E-state index contributed by atoms with van der Waals surface area (Å²) in [6.07, 6.45) is -2.93. The Morgan fingerprint density at radius 1 is 0.737 bits per heavy atom. The van der Waals surface area contributed by atoms with E-state index in [0.29, 0.717) is 5.56 Å². The molecule has 1 aromatic rings. The molecule has 0 saturated heterocycles. The highest BCUT2D eigenvalue weighted by Gasteiger charge is 2.32. The number of amides is 4. The van der Waals surface area contributed by atoms with Crippen LogP contribution in [-0.2, 0) is 40.0 Å². The molecule has 0 radical (unpaired) electrons. The van der Waals surface area contributed by atoms with Gasteiger partial charge in [0.05, 0.1) is 18.9 Å². The number of aliphatic carboxylic acids is 3. The normalized spacial score (nSPS) is 13.7. The van der Waals surface area contributed by atoms with Crippen molar-refractivity contribution in [2.75, 3.05) is 0 Å². The van der Waals surface area contributed by atoms with Crippen LogP contribution in [0.2, 0.25) is 0 Å². The molecule has 4 amide bonds. The SMILES string of the molecule is NC(=O)CC(NC(=O)C(N)Cc1ccc(O)cc1)C(=O)NC(CCC(=O)O)C(=O)NC(CC(=O)O)C(=O)O. The third kappa shape index (κ3) is 11.3. The molecule has 0 aromatic heterocycles. The van der Waals surface area contributed by atoms with Crippen molar-refractivity contribution in [1.29, 1.82) is 0 Å². The number of hydrogen-bond donors (Lipinski definition) is 9. The van der Waals surface area contributed by atoms with Gasteiger partial charge in [-0.2, -0.15) is 0 Å². The molecule has 1 rings (SSSR count). The van der Waals surface area contributed by atoms with Gasteiger partial charge in [0.2, 0.25) is 23.6 Å². The summed E-state index contributed by atoms with van der Waals surface area (Å²) in [6, 6.07) is -0.641. The summed E-state index contributed by atoms with van der Waals surface area (Å²) < 4.78 is 0. The lowest BCUT2D eigenvalue weighted by molar-refractivity contribution is -0.147. The summed E-state index contributed by atoms with van der Waals surface area (Å²) >= 11 is 0. The van der Waals surface area contributed by atoms with Gasteiger partial charge in [-0.25, -0.2) is 4.79 Å². The average Bonchev–Trinajstić information content (AvgIpc) is 2.81. The molecule has 0 bridgehead atoms. The zero-order valence-electron chi connectivity index (χ0n) is 20.0. The van der Waals surface area contributed by atoms with E-state index in [4.69, 9.17) is 26.8 Å². The zero-order valence-corrected chi connectivity index (χ0v) is 20.0. The minimum absolute atomic E-state index is 0.0101. The number of carbonyl (C=O) groups is 7. The van der Waals surface area contributed by atoms with E-state index in [-0.39, 0.29) is 12.2 Å². The minimum Gasteiger partial charge on any atom is -0.508 e. The predicted molar refractivity (Wildman–Crippen MR) is 126 cm³/mol. The molecule has 0 spiro atoms. The Bertz CT molecular complexity index is 1060. The second-order valence-corrected chi connectivity index (χ2v) is 8.20. The van der Waals surface area contributed by atoms with E-state index in [2.05, 4.69) is 10.6 Å².